The van der Waals surface area contributed by atoms with E-state index in [0.717, 1.165) is 11.6 Å². The van der Waals surface area contributed by atoms with Crippen molar-refractivity contribution in [2.24, 2.45) is 5.92 Å². The molecule has 0 radical (unpaired) electrons. The highest BCUT2D eigenvalue weighted by Gasteiger charge is 2.52. The van der Waals surface area contributed by atoms with E-state index < -0.39 is 11.8 Å². The van der Waals surface area contributed by atoms with Crippen molar-refractivity contribution in [3.05, 3.63) is 24.3 Å². The molecule has 1 N–H and O–H groups in total. The Labute approximate surface area is 80.9 Å². The first-order valence-electron chi connectivity index (χ1n) is 4.40. The third-order valence-corrected chi connectivity index (χ3v) is 2.56. The molecule has 0 bridgehead atoms. The zero-order valence-electron chi connectivity index (χ0n) is 7.93. The van der Waals surface area contributed by atoms with E-state index in [1.165, 1.54) is 6.08 Å². The van der Waals surface area contributed by atoms with Gasteiger partial charge in [0, 0.05) is 0 Å². The molecule has 0 heterocycles. The maximum absolute atomic E-state index is 12.3. The predicted molar refractivity (Wildman–Crippen MR) is 47.7 cm³/mol. The Morgan fingerprint density at radius 2 is 2.14 bits per heavy atom. The van der Waals surface area contributed by atoms with Gasteiger partial charge in [0.2, 0.25) is 0 Å². The van der Waals surface area contributed by atoms with Crippen LogP contribution in [-0.4, -0.2) is 16.9 Å². The van der Waals surface area contributed by atoms with Crippen molar-refractivity contribution in [3.63, 3.8) is 0 Å². The van der Waals surface area contributed by atoms with Gasteiger partial charge in [0.25, 0.3) is 0 Å². The number of allylic oxidation sites excluding steroid dienone is 2. The van der Waals surface area contributed by atoms with E-state index in [4.69, 9.17) is 0 Å². The summed E-state index contributed by atoms with van der Waals surface area (Å²) in [6.07, 6.45) is -2.34. The van der Waals surface area contributed by atoms with Gasteiger partial charge >= 0.3 is 6.18 Å². The molecule has 0 amide bonds. The Kier molecular flexibility index (Phi) is 2.76. The van der Waals surface area contributed by atoms with Crippen LogP contribution >= 0.6 is 0 Å². The lowest BCUT2D eigenvalue weighted by atomic mass is 9.82. The summed E-state index contributed by atoms with van der Waals surface area (Å²) >= 11 is 0. The Bertz CT molecular complexity index is 267. The highest BCUT2D eigenvalue weighted by atomic mass is 19.4. The van der Waals surface area contributed by atoms with Crippen LogP contribution in [0.2, 0.25) is 0 Å². The molecular formula is C10H13F3O. The average molecular weight is 206 g/mol. The summed E-state index contributed by atoms with van der Waals surface area (Å²) in [6, 6.07) is 0. The van der Waals surface area contributed by atoms with Crippen molar-refractivity contribution in [3.8, 4) is 0 Å². The van der Waals surface area contributed by atoms with E-state index in [1.54, 1.807) is 6.92 Å². The molecule has 0 aromatic heterocycles. The van der Waals surface area contributed by atoms with Gasteiger partial charge in [-0.15, -0.1) is 0 Å². The molecule has 14 heavy (non-hydrogen) atoms. The molecule has 2 unspecified atom stereocenters. The van der Waals surface area contributed by atoms with Crippen molar-refractivity contribution in [2.75, 3.05) is 0 Å². The minimum atomic E-state index is -4.58. The summed E-state index contributed by atoms with van der Waals surface area (Å²) in [4.78, 5) is 0. The molecular weight excluding hydrogens is 193 g/mol. The van der Waals surface area contributed by atoms with Gasteiger partial charge in [-0.3, -0.25) is 0 Å². The summed E-state index contributed by atoms with van der Waals surface area (Å²) in [5, 5.41) is 9.27. The fourth-order valence-electron chi connectivity index (χ4n) is 1.48. The lowest BCUT2D eigenvalue weighted by Gasteiger charge is -2.32. The van der Waals surface area contributed by atoms with E-state index in [2.05, 4.69) is 6.58 Å². The van der Waals surface area contributed by atoms with Crippen molar-refractivity contribution in [2.45, 2.75) is 31.5 Å². The second kappa shape index (κ2) is 3.42. The Morgan fingerprint density at radius 3 is 2.43 bits per heavy atom. The van der Waals surface area contributed by atoms with Crippen LogP contribution in [0.1, 0.15) is 19.8 Å². The Balaban J connectivity index is 2.82. The molecule has 1 aliphatic carbocycles. The first kappa shape index (κ1) is 11.3. The topological polar surface area (TPSA) is 20.2 Å². The minimum Gasteiger partial charge on any atom is -0.377 e. The van der Waals surface area contributed by atoms with Gasteiger partial charge in [0.1, 0.15) is 0 Å². The second-order valence-electron chi connectivity index (χ2n) is 3.77. The summed E-state index contributed by atoms with van der Waals surface area (Å²) in [7, 11) is 0. The monoisotopic (exact) mass is 206 g/mol. The van der Waals surface area contributed by atoms with Crippen LogP contribution in [0.4, 0.5) is 13.2 Å². The molecule has 0 aromatic rings. The van der Waals surface area contributed by atoms with Crippen LogP contribution in [0.25, 0.3) is 0 Å². The third-order valence-electron chi connectivity index (χ3n) is 2.56. The quantitative estimate of drug-likeness (QED) is 0.654. The van der Waals surface area contributed by atoms with Crippen molar-refractivity contribution < 1.29 is 18.3 Å². The molecule has 0 spiro atoms. The van der Waals surface area contributed by atoms with Crippen molar-refractivity contribution >= 4 is 0 Å². The number of alkyl halides is 3. The zero-order valence-corrected chi connectivity index (χ0v) is 7.93. The van der Waals surface area contributed by atoms with E-state index in [-0.39, 0.29) is 12.3 Å². The lowest BCUT2D eigenvalue weighted by molar-refractivity contribution is -0.243. The molecule has 1 rings (SSSR count). The largest absolute Gasteiger partial charge is 0.420 e. The Hall–Kier alpha value is -0.770. The SMILES string of the molecule is C=C(C)C1C=CC(O)(C(F)(F)F)CC1. The highest BCUT2D eigenvalue weighted by Crippen LogP contribution is 2.40. The number of rotatable bonds is 1. The molecule has 80 valence electrons. The predicted octanol–water partition coefficient (Wildman–Crippen LogP) is 2.82. The molecule has 1 aliphatic rings. The van der Waals surface area contributed by atoms with Crippen LogP contribution in [0.5, 0.6) is 0 Å². The van der Waals surface area contributed by atoms with Crippen LogP contribution in [0.15, 0.2) is 24.3 Å². The number of halogens is 3. The summed E-state index contributed by atoms with van der Waals surface area (Å²) < 4.78 is 37.0. The van der Waals surface area contributed by atoms with E-state index >= 15 is 0 Å². The summed E-state index contributed by atoms with van der Waals surface area (Å²) in [6.45, 7) is 5.45. The van der Waals surface area contributed by atoms with Gasteiger partial charge in [-0.25, -0.2) is 0 Å². The van der Waals surface area contributed by atoms with E-state index in [1.807, 2.05) is 0 Å². The van der Waals surface area contributed by atoms with Crippen LogP contribution in [0.3, 0.4) is 0 Å². The zero-order chi connectivity index (χ0) is 11.0. The van der Waals surface area contributed by atoms with E-state index in [9.17, 15) is 18.3 Å². The van der Waals surface area contributed by atoms with Gasteiger partial charge in [0.05, 0.1) is 0 Å². The molecule has 0 aromatic carbocycles. The smallest absolute Gasteiger partial charge is 0.377 e. The van der Waals surface area contributed by atoms with Crippen molar-refractivity contribution in [1.29, 1.82) is 0 Å². The van der Waals surface area contributed by atoms with Crippen LogP contribution < -0.4 is 0 Å². The lowest BCUT2D eigenvalue weighted by Crippen LogP contribution is -2.45. The average Bonchev–Trinajstić information content (AvgIpc) is 2.03. The maximum atomic E-state index is 12.3. The molecule has 0 saturated heterocycles. The van der Waals surface area contributed by atoms with E-state index in [0.29, 0.717) is 6.42 Å². The third kappa shape index (κ3) is 2.00. The number of aliphatic hydroxyl groups is 1. The highest BCUT2D eigenvalue weighted by molar-refractivity contribution is 5.17. The fourth-order valence-corrected chi connectivity index (χ4v) is 1.48. The number of hydrogen-bond donors (Lipinski definition) is 1. The van der Waals surface area contributed by atoms with Gasteiger partial charge < -0.3 is 5.11 Å². The van der Waals surface area contributed by atoms with Crippen LogP contribution in [0, 0.1) is 5.92 Å². The molecule has 0 fully saturated rings. The minimum absolute atomic E-state index is 0.0439. The van der Waals surface area contributed by atoms with Gasteiger partial charge in [-0.05, 0) is 31.8 Å². The standard InChI is InChI=1S/C10H13F3O/c1-7(2)8-3-5-9(14,6-4-8)10(11,12)13/h3,5,8,14H,1,4,6H2,2H3. The number of hydrogen-bond acceptors (Lipinski definition) is 1. The van der Waals surface area contributed by atoms with Crippen LogP contribution in [-0.2, 0) is 0 Å². The second-order valence-corrected chi connectivity index (χ2v) is 3.77. The van der Waals surface area contributed by atoms with Gasteiger partial charge in [0.15, 0.2) is 5.60 Å². The molecule has 2 atom stereocenters. The normalized spacial score (nSPS) is 33.1. The van der Waals surface area contributed by atoms with Gasteiger partial charge in [-0.1, -0.05) is 18.2 Å². The summed E-state index contributed by atoms with van der Waals surface area (Å²) in [5.74, 6) is -0.0439. The molecule has 4 heteroatoms. The fraction of sp³-hybridized carbons (Fsp3) is 0.600. The molecule has 1 nitrogen and oxygen atoms in total. The maximum Gasteiger partial charge on any atom is 0.420 e. The molecule has 0 aliphatic heterocycles. The first-order valence-corrected chi connectivity index (χ1v) is 4.40. The molecule has 0 saturated carbocycles. The van der Waals surface area contributed by atoms with Crippen molar-refractivity contribution in [1.82, 2.24) is 0 Å². The Morgan fingerprint density at radius 1 is 1.57 bits per heavy atom. The first-order chi connectivity index (χ1) is 6.26. The summed E-state index contributed by atoms with van der Waals surface area (Å²) in [5.41, 5.74) is -1.82. The van der Waals surface area contributed by atoms with Gasteiger partial charge in [-0.2, -0.15) is 13.2 Å².